The zero-order valence-electron chi connectivity index (χ0n) is 17.9. The van der Waals surface area contributed by atoms with Gasteiger partial charge in [-0.3, -0.25) is 4.79 Å². The Hall–Kier alpha value is -3.15. The van der Waals surface area contributed by atoms with Crippen LogP contribution in [0.5, 0.6) is 23.0 Å². The largest absolute Gasteiger partial charge is 0.493 e. The van der Waals surface area contributed by atoms with Gasteiger partial charge in [-0.2, -0.15) is 0 Å². The van der Waals surface area contributed by atoms with Crippen molar-refractivity contribution in [2.75, 3.05) is 33.7 Å². The molecule has 6 nitrogen and oxygen atoms in total. The van der Waals surface area contributed by atoms with Crippen LogP contribution in [0.4, 0.5) is 5.69 Å². The Kier molecular flexibility index (Phi) is 7.53. The number of hydrogen-bond acceptors (Lipinski definition) is 6. The fourth-order valence-corrected chi connectivity index (χ4v) is 3.02. The van der Waals surface area contributed by atoms with Crippen LogP contribution >= 0.6 is 0 Å². The van der Waals surface area contributed by atoms with E-state index in [2.05, 4.69) is 0 Å². The lowest BCUT2D eigenvalue weighted by Crippen LogP contribution is -2.10. The van der Waals surface area contributed by atoms with Crippen LogP contribution in [-0.4, -0.2) is 33.7 Å². The summed E-state index contributed by atoms with van der Waals surface area (Å²) in [6.45, 7) is 6.28. The summed E-state index contributed by atoms with van der Waals surface area (Å²) in [6, 6.07) is 8.70. The smallest absolute Gasteiger partial charge is 0.203 e. The third-order valence-electron chi connectivity index (χ3n) is 4.51. The molecule has 0 aliphatic heterocycles. The zero-order chi connectivity index (χ0) is 21.6. The van der Waals surface area contributed by atoms with Gasteiger partial charge in [-0.05, 0) is 49.2 Å². The van der Waals surface area contributed by atoms with Crippen molar-refractivity contribution >= 4 is 17.5 Å². The molecule has 0 unspecified atom stereocenters. The van der Waals surface area contributed by atoms with Crippen LogP contribution in [-0.2, 0) is 0 Å². The lowest BCUT2D eigenvalue weighted by Gasteiger charge is -2.16. The number of allylic oxidation sites excluding steroid dienone is 1. The van der Waals surface area contributed by atoms with Crippen LogP contribution in [0.3, 0.4) is 0 Å². The topological polar surface area (TPSA) is 80.0 Å². The van der Waals surface area contributed by atoms with Crippen molar-refractivity contribution in [1.82, 2.24) is 0 Å². The summed E-state index contributed by atoms with van der Waals surface area (Å²) >= 11 is 0. The normalized spacial score (nSPS) is 11.3. The highest BCUT2D eigenvalue weighted by Gasteiger charge is 2.20. The molecule has 0 atom stereocenters. The average Bonchev–Trinajstić information content (AvgIpc) is 2.72. The van der Waals surface area contributed by atoms with Gasteiger partial charge in [0.25, 0.3) is 0 Å². The molecule has 0 saturated carbocycles. The number of rotatable bonds is 9. The van der Waals surface area contributed by atoms with Gasteiger partial charge >= 0.3 is 0 Å². The third-order valence-corrected chi connectivity index (χ3v) is 4.51. The monoisotopic (exact) mass is 399 g/mol. The number of anilines is 1. The maximum Gasteiger partial charge on any atom is 0.203 e. The lowest BCUT2D eigenvalue weighted by atomic mass is 9.92. The van der Waals surface area contributed by atoms with Crippen LogP contribution in [0.1, 0.15) is 36.7 Å². The molecule has 0 radical (unpaired) electrons. The SMILES string of the molecule is CCOc1cc(C(=O)/C(=C/c2ccc(OC)c(OC)c2OC)C(C)C)ccc1N. The number of carbonyl (C=O) groups is 1. The van der Waals surface area contributed by atoms with Gasteiger partial charge in [-0.15, -0.1) is 0 Å². The van der Waals surface area contributed by atoms with Crippen molar-refractivity contribution in [3.8, 4) is 23.0 Å². The summed E-state index contributed by atoms with van der Waals surface area (Å²) in [5, 5.41) is 0. The minimum absolute atomic E-state index is 0.0200. The first-order valence-electron chi connectivity index (χ1n) is 9.45. The molecule has 0 heterocycles. The molecule has 29 heavy (non-hydrogen) atoms. The molecular formula is C23H29NO5. The van der Waals surface area contributed by atoms with E-state index in [1.165, 1.54) is 0 Å². The Morgan fingerprint density at radius 2 is 1.69 bits per heavy atom. The fourth-order valence-electron chi connectivity index (χ4n) is 3.02. The van der Waals surface area contributed by atoms with Crippen LogP contribution in [0.2, 0.25) is 0 Å². The second-order valence-electron chi connectivity index (χ2n) is 6.69. The predicted molar refractivity (Wildman–Crippen MR) is 115 cm³/mol. The summed E-state index contributed by atoms with van der Waals surface area (Å²) in [6.07, 6.45) is 1.82. The molecule has 2 N–H and O–H groups in total. The van der Waals surface area contributed by atoms with Gasteiger partial charge < -0.3 is 24.7 Å². The second kappa shape index (κ2) is 9.87. The fraction of sp³-hybridized carbons (Fsp3) is 0.348. The molecule has 2 rings (SSSR count). The van der Waals surface area contributed by atoms with E-state index in [1.807, 2.05) is 32.9 Å². The zero-order valence-corrected chi connectivity index (χ0v) is 17.9. The van der Waals surface area contributed by atoms with Gasteiger partial charge in [-0.1, -0.05) is 13.8 Å². The minimum Gasteiger partial charge on any atom is -0.493 e. The molecule has 0 aromatic heterocycles. The van der Waals surface area contributed by atoms with E-state index in [4.69, 9.17) is 24.7 Å². The summed E-state index contributed by atoms with van der Waals surface area (Å²) < 4.78 is 21.9. The highest BCUT2D eigenvalue weighted by atomic mass is 16.5. The van der Waals surface area contributed by atoms with E-state index in [0.717, 1.165) is 5.56 Å². The molecule has 6 heteroatoms. The van der Waals surface area contributed by atoms with Crippen molar-refractivity contribution in [2.24, 2.45) is 5.92 Å². The highest BCUT2D eigenvalue weighted by Crippen LogP contribution is 2.41. The molecule has 0 aliphatic carbocycles. The van der Waals surface area contributed by atoms with Crippen LogP contribution in [0.25, 0.3) is 6.08 Å². The standard InChI is InChI=1S/C23H29NO5/c1-7-29-20-13-15(8-10-18(20)24)21(25)17(14(2)3)12-16-9-11-19(26-4)23(28-6)22(16)27-5/h8-14H,7,24H2,1-6H3/b17-12+. The summed E-state index contributed by atoms with van der Waals surface area (Å²) in [5.74, 6) is 1.92. The lowest BCUT2D eigenvalue weighted by molar-refractivity contribution is 0.102. The minimum atomic E-state index is -0.0993. The molecular weight excluding hydrogens is 370 g/mol. The van der Waals surface area contributed by atoms with Gasteiger partial charge in [0.05, 0.1) is 33.6 Å². The highest BCUT2D eigenvalue weighted by molar-refractivity contribution is 6.12. The van der Waals surface area contributed by atoms with Crippen molar-refractivity contribution in [3.63, 3.8) is 0 Å². The predicted octanol–water partition coefficient (Wildman–Crippen LogP) is 4.62. The van der Waals surface area contributed by atoms with E-state index in [1.54, 1.807) is 45.6 Å². The Balaban J connectivity index is 2.56. The van der Waals surface area contributed by atoms with Gasteiger partial charge in [0.1, 0.15) is 5.75 Å². The number of nitrogens with two attached hydrogens (primary N) is 1. The van der Waals surface area contributed by atoms with E-state index in [-0.39, 0.29) is 11.7 Å². The number of methoxy groups -OCH3 is 3. The van der Waals surface area contributed by atoms with Crippen molar-refractivity contribution in [1.29, 1.82) is 0 Å². The maximum absolute atomic E-state index is 13.3. The molecule has 0 amide bonds. The van der Waals surface area contributed by atoms with Crippen molar-refractivity contribution in [3.05, 3.63) is 47.0 Å². The Labute approximate surface area is 172 Å². The molecule has 0 bridgehead atoms. The average molecular weight is 399 g/mol. The summed E-state index contributed by atoms with van der Waals surface area (Å²) in [7, 11) is 4.67. The third kappa shape index (κ3) is 4.83. The molecule has 2 aromatic rings. The molecule has 0 aliphatic rings. The van der Waals surface area contributed by atoms with Crippen molar-refractivity contribution in [2.45, 2.75) is 20.8 Å². The van der Waals surface area contributed by atoms with Crippen LogP contribution < -0.4 is 24.7 Å². The van der Waals surface area contributed by atoms with Gasteiger partial charge in [0.2, 0.25) is 5.75 Å². The van der Waals surface area contributed by atoms with Gasteiger partial charge in [0, 0.05) is 16.7 Å². The number of nitrogen functional groups attached to an aromatic ring is 1. The van der Waals surface area contributed by atoms with E-state index in [9.17, 15) is 4.79 Å². The number of Topliss-reactive ketones (excluding diaryl/α,β-unsaturated/α-hetero) is 1. The number of ketones is 1. The van der Waals surface area contributed by atoms with E-state index < -0.39 is 0 Å². The number of benzene rings is 2. The summed E-state index contributed by atoms with van der Waals surface area (Å²) in [5.41, 5.74) is 8.31. The Bertz CT molecular complexity index is 902. The van der Waals surface area contributed by atoms with Crippen molar-refractivity contribution < 1.29 is 23.7 Å². The summed E-state index contributed by atoms with van der Waals surface area (Å²) in [4.78, 5) is 13.3. The Morgan fingerprint density at radius 3 is 2.24 bits per heavy atom. The Morgan fingerprint density at radius 1 is 1.00 bits per heavy atom. The quantitative estimate of drug-likeness (QED) is 0.377. The first kappa shape index (κ1) is 22.1. The van der Waals surface area contributed by atoms with E-state index in [0.29, 0.717) is 46.4 Å². The van der Waals surface area contributed by atoms with E-state index >= 15 is 0 Å². The van der Waals surface area contributed by atoms with Crippen LogP contribution in [0.15, 0.2) is 35.9 Å². The molecule has 2 aromatic carbocycles. The maximum atomic E-state index is 13.3. The van der Waals surface area contributed by atoms with Gasteiger partial charge in [-0.25, -0.2) is 0 Å². The number of ether oxygens (including phenoxy) is 4. The molecule has 156 valence electrons. The number of hydrogen-bond donors (Lipinski definition) is 1. The second-order valence-corrected chi connectivity index (χ2v) is 6.69. The number of carbonyl (C=O) groups excluding carboxylic acids is 1. The molecule has 0 fully saturated rings. The molecule has 0 saturated heterocycles. The van der Waals surface area contributed by atoms with Gasteiger partial charge in [0.15, 0.2) is 17.3 Å². The first-order valence-corrected chi connectivity index (χ1v) is 9.45. The first-order chi connectivity index (χ1) is 13.9. The van der Waals surface area contributed by atoms with Crippen LogP contribution in [0, 0.1) is 5.92 Å². The molecule has 0 spiro atoms.